The molecular weight excluding hydrogens is 232 g/mol. The van der Waals surface area contributed by atoms with Crippen molar-refractivity contribution in [1.29, 1.82) is 0 Å². The van der Waals surface area contributed by atoms with Crippen LogP contribution < -0.4 is 10.6 Å². The summed E-state index contributed by atoms with van der Waals surface area (Å²) < 4.78 is 0. The monoisotopic (exact) mass is 250 g/mol. The predicted octanol–water partition coefficient (Wildman–Crippen LogP) is 2.11. The topological polar surface area (TPSA) is 41.1 Å². The van der Waals surface area contributed by atoms with Crippen molar-refractivity contribution in [1.82, 2.24) is 5.32 Å². The fourth-order valence-corrected chi connectivity index (χ4v) is 2.90. The molecule has 1 heterocycles. The maximum atomic E-state index is 11.7. The van der Waals surface area contributed by atoms with Gasteiger partial charge < -0.3 is 10.6 Å². The highest BCUT2D eigenvalue weighted by atomic mass is 32.2. The van der Waals surface area contributed by atoms with E-state index in [1.54, 1.807) is 11.8 Å². The van der Waals surface area contributed by atoms with E-state index in [2.05, 4.69) is 10.6 Å². The van der Waals surface area contributed by atoms with Gasteiger partial charge in [0.2, 0.25) is 5.91 Å². The summed E-state index contributed by atoms with van der Waals surface area (Å²) in [7, 11) is 0. The largest absolute Gasteiger partial charge is 0.325 e. The molecule has 2 rings (SSSR count). The first kappa shape index (κ1) is 12.5. The van der Waals surface area contributed by atoms with Crippen molar-refractivity contribution in [2.24, 2.45) is 0 Å². The Kier molecular flexibility index (Phi) is 4.88. The molecule has 17 heavy (non-hydrogen) atoms. The molecule has 0 unspecified atom stereocenters. The highest BCUT2D eigenvalue weighted by molar-refractivity contribution is 8.00. The minimum atomic E-state index is 0.0970. The van der Waals surface area contributed by atoms with Crippen molar-refractivity contribution in [3.63, 3.8) is 0 Å². The number of thioether (sulfide) groups is 1. The van der Waals surface area contributed by atoms with Crippen molar-refractivity contribution in [3.8, 4) is 0 Å². The number of piperidine rings is 1. The number of anilines is 1. The van der Waals surface area contributed by atoms with E-state index in [0.29, 0.717) is 11.0 Å². The Labute approximate surface area is 106 Å². The third kappa shape index (κ3) is 4.40. The van der Waals surface area contributed by atoms with Gasteiger partial charge in [-0.15, -0.1) is 11.8 Å². The molecule has 3 nitrogen and oxygen atoms in total. The van der Waals surface area contributed by atoms with Crippen LogP contribution >= 0.6 is 11.8 Å². The molecule has 1 fully saturated rings. The first-order valence-electron chi connectivity index (χ1n) is 6.02. The summed E-state index contributed by atoms with van der Waals surface area (Å²) in [4.78, 5) is 11.7. The van der Waals surface area contributed by atoms with Crippen LogP contribution in [0.15, 0.2) is 30.3 Å². The lowest BCUT2D eigenvalue weighted by Gasteiger charge is -2.21. The molecule has 0 radical (unpaired) electrons. The van der Waals surface area contributed by atoms with Crippen LogP contribution in [-0.2, 0) is 4.79 Å². The molecule has 0 saturated carbocycles. The van der Waals surface area contributed by atoms with Crippen molar-refractivity contribution >= 4 is 23.4 Å². The average molecular weight is 250 g/mol. The van der Waals surface area contributed by atoms with Crippen LogP contribution in [0.25, 0.3) is 0 Å². The summed E-state index contributed by atoms with van der Waals surface area (Å²) in [6.07, 6.45) is 2.34. The Morgan fingerprint density at radius 1 is 1.29 bits per heavy atom. The predicted molar refractivity (Wildman–Crippen MR) is 73.4 cm³/mol. The standard InChI is InChI=1S/C13H18N2OS/c16-13(15-11-4-2-1-3-5-11)10-17-12-6-8-14-9-7-12/h1-5,12,14H,6-10H2,(H,15,16). The second kappa shape index (κ2) is 6.67. The third-order valence-electron chi connectivity index (χ3n) is 2.79. The van der Waals surface area contributed by atoms with E-state index in [1.165, 1.54) is 12.8 Å². The summed E-state index contributed by atoms with van der Waals surface area (Å²) in [6.45, 7) is 2.16. The molecule has 1 aliphatic heterocycles. The Bertz CT molecular complexity index is 350. The van der Waals surface area contributed by atoms with Crippen LogP contribution in [-0.4, -0.2) is 30.0 Å². The number of carbonyl (C=O) groups excluding carboxylic acids is 1. The van der Waals surface area contributed by atoms with Gasteiger partial charge in [0.05, 0.1) is 5.75 Å². The molecule has 4 heteroatoms. The normalized spacial score (nSPS) is 16.7. The molecule has 0 aliphatic carbocycles. The van der Waals surface area contributed by atoms with E-state index in [1.807, 2.05) is 30.3 Å². The van der Waals surface area contributed by atoms with Gasteiger partial charge in [-0.05, 0) is 38.1 Å². The van der Waals surface area contributed by atoms with Crippen LogP contribution in [0.3, 0.4) is 0 Å². The molecule has 1 saturated heterocycles. The second-order valence-electron chi connectivity index (χ2n) is 4.17. The zero-order chi connectivity index (χ0) is 11.9. The fourth-order valence-electron chi connectivity index (χ4n) is 1.87. The third-order valence-corrected chi connectivity index (χ3v) is 4.17. The van der Waals surface area contributed by atoms with Crippen LogP contribution in [0, 0.1) is 0 Å². The van der Waals surface area contributed by atoms with Gasteiger partial charge >= 0.3 is 0 Å². The minimum Gasteiger partial charge on any atom is -0.325 e. The van der Waals surface area contributed by atoms with Crippen molar-refractivity contribution in [2.45, 2.75) is 18.1 Å². The molecule has 0 spiro atoms. The molecule has 2 N–H and O–H groups in total. The lowest BCUT2D eigenvalue weighted by Crippen LogP contribution is -2.30. The minimum absolute atomic E-state index is 0.0970. The molecule has 1 aromatic carbocycles. The molecular formula is C13H18N2OS. The lowest BCUT2D eigenvalue weighted by atomic mass is 10.2. The van der Waals surface area contributed by atoms with Crippen molar-refractivity contribution < 1.29 is 4.79 Å². The van der Waals surface area contributed by atoms with Gasteiger partial charge in [-0.2, -0.15) is 0 Å². The number of rotatable bonds is 4. The maximum absolute atomic E-state index is 11.7. The fraction of sp³-hybridized carbons (Fsp3) is 0.462. The lowest BCUT2D eigenvalue weighted by molar-refractivity contribution is -0.113. The summed E-state index contributed by atoms with van der Waals surface area (Å²) in [5, 5.41) is 6.87. The smallest absolute Gasteiger partial charge is 0.234 e. The van der Waals surface area contributed by atoms with Crippen LogP contribution in [0.2, 0.25) is 0 Å². The summed E-state index contributed by atoms with van der Waals surface area (Å²) in [5.41, 5.74) is 0.878. The van der Waals surface area contributed by atoms with Gasteiger partial charge in [0.1, 0.15) is 0 Å². The van der Waals surface area contributed by atoms with E-state index in [9.17, 15) is 4.79 Å². The Morgan fingerprint density at radius 2 is 2.00 bits per heavy atom. The molecule has 0 aromatic heterocycles. The molecule has 0 atom stereocenters. The van der Waals surface area contributed by atoms with Gasteiger partial charge in [-0.1, -0.05) is 18.2 Å². The summed E-state index contributed by atoms with van der Waals surface area (Å²) in [6, 6.07) is 9.62. The van der Waals surface area contributed by atoms with Gasteiger partial charge in [-0.3, -0.25) is 4.79 Å². The van der Waals surface area contributed by atoms with Crippen LogP contribution in [0.5, 0.6) is 0 Å². The van der Waals surface area contributed by atoms with Gasteiger partial charge in [0.15, 0.2) is 0 Å². The quantitative estimate of drug-likeness (QED) is 0.860. The zero-order valence-corrected chi connectivity index (χ0v) is 10.6. The molecule has 1 aliphatic rings. The Morgan fingerprint density at radius 3 is 2.71 bits per heavy atom. The van der Waals surface area contributed by atoms with E-state index < -0.39 is 0 Å². The van der Waals surface area contributed by atoms with Gasteiger partial charge in [-0.25, -0.2) is 0 Å². The zero-order valence-electron chi connectivity index (χ0n) is 9.82. The number of para-hydroxylation sites is 1. The highest BCUT2D eigenvalue weighted by Crippen LogP contribution is 2.20. The molecule has 1 aromatic rings. The number of hydrogen-bond acceptors (Lipinski definition) is 3. The number of nitrogens with one attached hydrogen (secondary N) is 2. The highest BCUT2D eigenvalue weighted by Gasteiger charge is 2.14. The van der Waals surface area contributed by atoms with E-state index >= 15 is 0 Å². The number of amides is 1. The van der Waals surface area contributed by atoms with Crippen LogP contribution in [0.1, 0.15) is 12.8 Å². The Balaban J connectivity index is 1.70. The molecule has 1 amide bonds. The van der Waals surface area contributed by atoms with E-state index in [4.69, 9.17) is 0 Å². The summed E-state index contributed by atoms with van der Waals surface area (Å²) >= 11 is 1.77. The molecule has 0 bridgehead atoms. The SMILES string of the molecule is O=C(CSC1CCNCC1)Nc1ccccc1. The maximum Gasteiger partial charge on any atom is 0.234 e. The Hall–Kier alpha value is -1.00. The molecule has 92 valence electrons. The van der Waals surface area contributed by atoms with Crippen molar-refractivity contribution in [3.05, 3.63) is 30.3 Å². The number of hydrogen-bond donors (Lipinski definition) is 2. The first-order chi connectivity index (χ1) is 8.34. The number of carbonyl (C=O) groups is 1. The summed E-state index contributed by atoms with van der Waals surface area (Å²) in [5.74, 6) is 0.652. The van der Waals surface area contributed by atoms with Crippen molar-refractivity contribution in [2.75, 3.05) is 24.2 Å². The number of benzene rings is 1. The first-order valence-corrected chi connectivity index (χ1v) is 7.07. The van der Waals surface area contributed by atoms with Gasteiger partial charge in [0.25, 0.3) is 0 Å². The van der Waals surface area contributed by atoms with E-state index in [0.717, 1.165) is 18.8 Å². The van der Waals surface area contributed by atoms with Gasteiger partial charge in [0, 0.05) is 10.9 Å². The second-order valence-corrected chi connectivity index (χ2v) is 5.46. The average Bonchev–Trinajstić information content (AvgIpc) is 2.39. The van der Waals surface area contributed by atoms with E-state index in [-0.39, 0.29) is 5.91 Å². The van der Waals surface area contributed by atoms with Crippen LogP contribution in [0.4, 0.5) is 5.69 Å².